The van der Waals surface area contributed by atoms with Gasteiger partial charge in [0.05, 0.1) is 6.10 Å². The van der Waals surface area contributed by atoms with E-state index in [4.69, 9.17) is 4.52 Å². The lowest BCUT2D eigenvalue weighted by molar-refractivity contribution is 0.160. The molecule has 0 aliphatic heterocycles. The van der Waals surface area contributed by atoms with Gasteiger partial charge in [0, 0.05) is 17.4 Å². The summed E-state index contributed by atoms with van der Waals surface area (Å²) in [6.07, 6.45) is 2.22. The first-order valence-corrected chi connectivity index (χ1v) is 6.10. The highest BCUT2D eigenvalue weighted by atomic mass is 32.1. The second kappa shape index (κ2) is 3.68. The van der Waals surface area contributed by atoms with Crippen molar-refractivity contribution in [3.63, 3.8) is 0 Å². The van der Waals surface area contributed by atoms with E-state index >= 15 is 0 Å². The molecule has 2 heterocycles. The van der Waals surface area contributed by atoms with Crippen LogP contribution in [0, 0.1) is 6.92 Å². The first-order chi connectivity index (χ1) is 7.74. The van der Waals surface area contributed by atoms with E-state index in [0.29, 0.717) is 0 Å². The van der Waals surface area contributed by atoms with Gasteiger partial charge in [-0.05, 0) is 36.9 Å². The topological polar surface area (TPSA) is 59.2 Å². The third kappa shape index (κ3) is 1.56. The van der Waals surface area contributed by atoms with Crippen LogP contribution in [-0.2, 0) is 12.8 Å². The van der Waals surface area contributed by atoms with E-state index in [1.807, 2.05) is 13.0 Å². The van der Waals surface area contributed by atoms with Gasteiger partial charge in [-0.15, -0.1) is 0 Å². The molecule has 0 saturated carbocycles. The molecule has 2 aromatic heterocycles. The van der Waals surface area contributed by atoms with Crippen molar-refractivity contribution in [1.82, 2.24) is 9.53 Å². The minimum atomic E-state index is -0.208. The zero-order valence-electron chi connectivity index (χ0n) is 8.93. The van der Waals surface area contributed by atoms with Gasteiger partial charge in [0.15, 0.2) is 0 Å². The maximum Gasteiger partial charge on any atom is 0.134 e. The van der Waals surface area contributed by atoms with Crippen molar-refractivity contribution in [2.45, 2.75) is 32.3 Å². The Bertz CT molecular complexity index is 518. The molecular formula is C11H12N2O2S. The minimum absolute atomic E-state index is 0.208. The summed E-state index contributed by atoms with van der Waals surface area (Å²) < 4.78 is 9.49. The van der Waals surface area contributed by atoms with Gasteiger partial charge in [-0.25, -0.2) is 0 Å². The molecule has 84 valence electrons. The normalized spacial score (nSPS) is 19.8. The molecule has 16 heavy (non-hydrogen) atoms. The Kier molecular flexibility index (Phi) is 2.29. The predicted molar refractivity (Wildman–Crippen MR) is 60.4 cm³/mol. The summed E-state index contributed by atoms with van der Waals surface area (Å²) in [4.78, 5) is 1.19. The predicted octanol–water partition coefficient (Wildman–Crippen LogP) is 1.96. The molecule has 0 fully saturated rings. The van der Waals surface area contributed by atoms with Crippen LogP contribution >= 0.6 is 11.5 Å². The highest BCUT2D eigenvalue weighted by molar-refractivity contribution is 7.06. The summed E-state index contributed by atoms with van der Waals surface area (Å²) in [6.45, 7) is 1.87. The second-order valence-corrected chi connectivity index (χ2v) is 5.01. The fourth-order valence-corrected chi connectivity index (χ4v) is 3.05. The maximum atomic E-state index is 9.58. The molecule has 1 aliphatic carbocycles. The highest BCUT2D eigenvalue weighted by Crippen LogP contribution is 2.33. The van der Waals surface area contributed by atoms with Gasteiger partial charge in [0.2, 0.25) is 0 Å². The molecule has 0 bridgehead atoms. The summed E-state index contributed by atoms with van der Waals surface area (Å²) in [7, 11) is 0. The molecule has 0 saturated heterocycles. The fraction of sp³-hybridized carbons (Fsp3) is 0.455. The van der Waals surface area contributed by atoms with Gasteiger partial charge >= 0.3 is 0 Å². The average molecular weight is 236 g/mol. The Morgan fingerprint density at radius 2 is 2.44 bits per heavy atom. The number of aliphatic hydroxyl groups excluding tert-OH is 1. The van der Waals surface area contributed by atoms with Gasteiger partial charge in [0.1, 0.15) is 17.1 Å². The van der Waals surface area contributed by atoms with E-state index in [1.165, 1.54) is 22.0 Å². The third-order valence-electron chi connectivity index (χ3n) is 2.89. The zero-order chi connectivity index (χ0) is 11.1. The molecule has 4 nitrogen and oxygen atoms in total. The molecule has 1 N–H and O–H groups in total. The number of aliphatic hydroxyl groups is 1. The summed E-state index contributed by atoms with van der Waals surface area (Å²) in [5.41, 5.74) is 2.98. The number of rotatable bonds is 1. The van der Waals surface area contributed by atoms with Crippen LogP contribution in [0.4, 0.5) is 0 Å². The molecule has 0 amide bonds. The van der Waals surface area contributed by atoms with E-state index in [1.54, 1.807) is 0 Å². The van der Waals surface area contributed by atoms with E-state index in [0.717, 1.165) is 36.4 Å². The van der Waals surface area contributed by atoms with Gasteiger partial charge in [-0.2, -0.15) is 4.37 Å². The van der Waals surface area contributed by atoms with Crippen LogP contribution in [0.25, 0.3) is 11.4 Å². The molecule has 1 atom stereocenters. The van der Waals surface area contributed by atoms with Gasteiger partial charge in [-0.3, -0.25) is 0 Å². The summed E-state index contributed by atoms with van der Waals surface area (Å²) in [5.74, 6) is 0.799. The standard InChI is InChI=1S/C11H12N2O2S/c1-6-4-9(12-15-6)11-8-3-2-7(14)5-10(8)16-13-11/h4,7,14H,2-3,5H2,1H3. The Morgan fingerprint density at radius 3 is 3.19 bits per heavy atom. The van der Waals surface area contributed by atoms with Crippen molar-refractivity contribution in [1.29, 1.82) is 0 Å². The zero-order valence-corrected chi connectivity index (χ0v) is 9.75. The molecule has 0 radical (unpaired) electrons. The molecule has 2 aromatic rings. The van der Waals surface area contributed by atoms with E-state index < -0.39 is 0 Å². The van der Waals surface area contributed by atoms with Crippen LogP contribution < -0.4 is 0 Å². The van der Waals surface area contributed by atoms with Gasteiger partial charge in [0.25, 0.3) is 0 Å². The van der Waals surface area contributed by atoms with Crippen molar-refractivity contribution < 1.29 is 9.63 Å². The quantitative estimate of drug-likeness (QED) is 0.822. The molecule has 1 aliphatic rings. The maximum absolute atomic E-state index is 9.58. The molecule has 1 unspecified atom stereocenters. The van der Waals surface area contributed by atoms with Crippen LogP contribution in [0.2, 0.25) is 0 Å². The van der Waals surface area contributed by atoms with Crippen LogP contribution in [0.1, 0.15) is 22.6 Å². The van der Waals surface area contributed by atoms with Crippen molar-refractivity contribution in [2.75, 3.05) is 0 Å². The number of fused-ring (bicyclic) bond motifs is 1. The summed E-state index contributed by atoms with van der Waals surface area (Å²) >= 11 is 1.47. The van der Waals surface area contributed by atoms with Crippen LogP contribution in [0.3, 0.4) is 0 Å². The lowest BCUT2D eigenvalue weighted by Crippen LogP contribution is -2.17. The largest absolute Gasteiger partial charge is 0.393 e. The average Bonchev–Trinajstić information content (AvgIpc) is 2.83. The summed E-state index contributed by atoms with van der Waals surface area (Å²) in [5, 5.41) is 13.6. The Morgan fingerprint density at radius 1 is 1.56 bits per heavy atom. The third-order valence-corrected chi connectivity index (χ3v) is 3.80. The summed E-state index contributed by atoms with van der Waals surface area (Å²) in [6, 6.07) is 1.90. The molecular weight excluding hydrogens is 224 g/mol. The van der Waals surface area contributed by atoms with Crippen molar-refractivity contribution in [3.8, 4) is 11.4 Å². The first-order valence-electron chi connectivity index (χ1n) is 5.33. The van der Waals surface area contributed by atoms with Crippen LogP contribution in [0.15, 0.2) is 10.6 Å². The number of nitrogens with zero attached hydrogens (tertiary/aromatic N) is 2. The SMILES string of the molecule is Cc1cc(-c2nsc3c2CCC(O)C3)no1. The Balaban J connectivity index is 2.03. The molecule has 5 heteroatoms. The molecule has 3 rings (SSSR count). The Hall–Kier alpha value is -1.20. The highest BCUT2D eigenvalue weighted by Gasteiger charge is 2.24. The molecule has 0 aromatic carbocycles. The van der Waals surface area contributed by atoms with E-state index in [-0.39, 0.29) is 6.10 Å². The van der Waals surface area contributed by atoms with Gasteiger partial charge < -0.3 is 9.63 Å². The lowest BCUT2D eigenvalue weighted by Gasteiger charge is -2.16. The number of hydrogen-bond acceptors (Lipinski definition) is 5. The lowest BCUT2D eigenvalue weighted by atomic mass is 9.94. The minimum Gasteiger partial charge on any atom is -0.393 e. The van der Waals surface area contributed by atoms with Crippen LogP contribution in [0.5, 0.6) is 0 Å². The number of hydrogen-bond donors (Lipinski definition) is 1. The first kappa shape index (κ1) is 9.99. The van der Waals surface area contributed by atoms with Crippen molar-refractivity contribution in [3.05, 3.63) is 22.3 Å². The molecule has 0 spiro atoms. The fourth-order valence-electron chi connectivity index (χ4n) is 2.07. The van der Waals surface area contributed by atoms with Crippen molar-refractivity contribution >= 4 is 11.5 Å². The van der Waals surface area contributed by atoms with E-state index in [2.05, 4.69) is 9.53 Å². The van der Waals surface area contributed by atoms with E-state index in [9.17, 15) is 5.11 Å². The Labute approximate surface area is 97.1 Å². The number of aromatic nitrogens is 2. The number of aryl methyl sites for hydroxylation is 1. The van der Waals surface area contributed by atoms with Crippen LogP contribution in [-0.4, -0.2) is 20.7 Å². The second-order valence-electron chi connectivity index (χ2n) is 4.15. The smallest absolute Gasteiger partial charge is 0.134 e. The van der Waals surface area contributed by atoms with Crippen molar-refractivity contribution in [2.24, 2.45) is 0 Å². The van der Waals surface area contributed by atoms with Gasteiger partial charge in [-0.1, -0.05) is 5.16 Å². The monoisotopic (exact) mass is 236 g/mol.